The SMILES string of the molecule is CCOC(=O)c1cnc(NC(C)(C)C)nc1O. The molecule has 0 aliphatic heterocycles. The maximum absolute atomic E-state index is 11.4. The summed E-state index contributed by atoms with van der Waals surface area (Å²) in [6.45, 7) is 7.73. The predicted molar refractivity (Wildman–Crippen MR) is 63.0 cm³/mol. The first-order valence-corrected chi connectivity index (χ1v) is 5.35. The van der Waals surface area contributed by atoms with E-state index in [1.807, 2.05) is 20.8 Å². The molecule has 1 aromatic rings. The third-order valence-electron chi connectivity index (χ3n) is 1.75. The Labute approximate surface area is 100 Å². The third kappa shape index (κ3) is 3.90. The second kappa shape index (κ2) is 4.99. The first-order chi connectivity index (χ1) is 7.83. The third-order valence-corrected chi connectivity index (χ3v) is 1.75. The van der Waals surface area contributed by atoms with Gasteiger partial charge in [0.2, 0.25) is 11.8 Å². The number of hydrogen-bond donors (Lipinski definition) is 2. The quantitative estimate of drug-likeness (QED) is 0.779. The van der Waals surface area contributed by atoms with E-state index in [0.29, 0.717) is 0 Å². The molecule has 0 aliphatic rings. The largest absolute Gasteiger partial charge is 0.493 e. The summed E-state index contributed by atoms with van der Waals surface area (Å²) in [7, 11) is 0. The maximum atomic E-state index is 11.4. The van der Waals surface area contributed by atoms with Gasteiger partial charge in [-0.05, 0) is 27.7 Å². The average Bonchev–Trinajstić information content (AvgIpc) is 2.15. The summed E-state index contributed by atoms with van der Waals surface area (Å²) in [4.78, 5) is 19.1. The standard InChI is InChI=1S/C11H17N3O3/c1-5-17-9(16)7-6-12-10(13-8(7)15)14-11(2,3)4/h6H,5H2,1-4H3,(H2,12,13,14,15). The zero-order chi connectivity index (χ0) is 13.1. The molecule has 1 rings (SSSR count). The van der Waals surface area contributed by atoms with Crippen molar-refractivity contribution < 1.29 is 14.6 Å². The number of hydrogen-bond acceptors (Lipinski definition) is 6. The van der Waals surface area contributed by atoms with Gasteiger partial charge in [-0.1, -0.05) is 0 Å². The van der Waals surface area contributed by atoms with E-state index in [0.717, 1.165) is 0 Å². The molecule has 0 spiro atoms. The minimum absolute atomic E-state index is 0.0358. The topological polar surface area (TPSA) is 84.3 Å². The van der Waals surface area contributed by atoms with Gasteiger partial charge < -0.3 is 15.2 Å². The highest BCUT2D eigenvalue weighted by Crippen LogP contribution is 2.17. The second-order valence-electron chi connectivity index (χ2n) is 4.53. The monoisotopic (exact) mass is 239 g/mol. The number of nitrogens with one attached hydrogen (secondary N) is 1. The number of carbonyl (C=O) groups excluding carboxylic acids is 1. The van der Waals surface area contributed by atoms with E-state index in [2.05, 4.69) is 15.3 Å². The number of esters is 1. The van der Waals surface area contributed by atoms with Crippen LogP contribution in [0, 0.1) is 0 Å². The first kappa shape index (κ1) is 13.2. The van der Waals surface area contributed by atoms with Gasteiger partial charge in [0, 0.05) is 5.54 Å². The predicted octanol–water partition coefficient (Wildman–Crippen LogP) is 1.57. The van der Waals surface area contributed by atoms with Crippen LogP contribution in [0.1, 0.15) is 38.1 Å². The molecule has 1 aromatic heterocycles. The molecule has 94 valence electrons. The van der Waals surface area contributed by atoms with Gasteiger partial charge in [0.05, 0.1) is 12.8 Å². The molecule has 0 saturated carbocycles. The van der Waals surface area contributed by atoms with Gasteiger partial charge in [0.25, 0.3) is 0 Å². The molecule has 0 bridgehead atoms. The highest BCUT2D eigenvalue weighted by atomic mass is 16.5. The fraction of sp³-hybridized carbons (Fsp3) is 0.545. The molecule has 17 heavy (non-hydrogen) atoms. The van der Waals surface area contributed by atoms with Crippen LogP contribution < -0.4 is 5.32 Å². The Morgan fingerprint density at radius 2 is 2.18 bits per heavy atom. The summed E-state index contributed by atoms with van der Waals surface area (Å²) in [5.41, 5.74) is -0.260. The average molecular weight is 239 g/mol. The fourth-order valence-electron chi connectivity index (χ4n) is 1.12. The highest BCUT2D eigenvalue weighted by Gasteiger charge is 2.17. The number of rotatable bonds is 3. The molecule has 0 radical (unpaired) electrons. The Balaban J connectivity index is 2.90. The van der Waals surface area contributed by atoms with Crippen LogP contribution in [0.2, 0.25) is 0 Å². The summed E-state index contributed by atoms with van der Waals surface area (Å²) in [6.07, 6.45) is 1.24. The lowest BCUT2D eigenvalue weighted by molar-refractivity contribution is 0.0521. The number of carbonyl (C=O) groups is 1. The van der Waals surface area contributed by atoms with E-state index in [9.17, 15) is 9.90 Å². The van der Waals surface area contributed by atoms with Gasteiger partial charge in [-0.15, -0.1) is 0 Å². The summed E-state index contributed by atoms with van der Waals surface area (Å²) >= 11 is 0. The van der Waals surface area contributed by atoms with E-state index in [1.165, 1.54) is 6.20 Å². The Morgan fingerprint density at radius 1 is 1.53 bits per heavy atom. The normalized spacial score (nSPS) is 11.1. The lowest BCUT2D eigenvalue weighted by atomic mass is 10.1. The minimum Gasteiger partial charge on any atom is -0.493 e. The molecule has 6 heteroatoms. The number of aromatic nitrogens is 2. The van der Waals surface area contributed by atoms with Crippen LogP contribution in [0.4, 0.5) is 5.95 Å². The lowest BCUT2D eigenvalue weighted by Crippen LogP contribution is -2.27. The van der Waals surface area contributed by atoms with E-state index < -0.39 is 5.97 Å². The molecule has 0 aliphatic carbocycles. The van der Waals surface area contributed by atoms with Gasteiger partial charge >= 0.3 is 5.97 Å². The maximum Gasteiger partial charge on any atom is 0.345 e. The first-order valence-electron chi connectivity index (χ1n) is 5.35. The van der Waals surface area contributed by atoms with Gasteiger partial charge in [-0.2, -0.15) is 4.98 Å². The molecule has 0 saturated heterocycles. The molecule has 0 atom stereocenters. The molecule has 0 aromatic carbocycles. The number of ether oxygens (including phenoxy) is 1. The van der Waals surface area contributed by atoms with Gasteiger partial charge in [-0.3, -0.25) is 0 Å². The van der Waals surface area contributed by atoms with E-state index in [4.69, 9.17) is 4.74 Å². The number of aromatic hydroxyl groups is 1. The van der Waals surface area contributed by atoms with E-state index >= 15 is 0 Å². The van der Waals surface area contributed by atoms with Crippen molar-refractivity contribution in [3.8, 4) is 5.88 Å². The Kier molecular flexibility index (Phi) is 3.88. The second-order valence-corrected chi connectivity index (χ2v) is 4.53. The van der Waals surface area contributed by atoms with Crippen molar-refractivity contribution in [3.63, 3.8) is 0 Å². The van der Waals surface area contributed by atoms with Gasteiger partial charge in [0.15, 0.2) is 0 Å². The lowest BCUT2D eigenvalue weighted by Gasteiger charge is -2.20. The van der Waals surface area contributed by atoms with Crippen LogP contribution in [-0.4, -0.2) is 33.2 Å². The molecular formula is C11H17N3O3. The Hall–Kier alpha value is -1.85. The molecular weight excluding hydrogens is 222 g/mol. The smallest absolute Gasteiger partial charge is 0.345 e. The van der Waals surface area contributed by atoms with Crippen LogP contribution in [0.5, 0.6) is 5.88 Å². The molecule has 6 nitrogen and oxygen atoms in total. The summed E-state index contributed by atoms with van der Waals surface area (Å²) in [5, 5.41) is 12.6. The highest BCUT2D eigenvalue weighted by molar-refractivity contribution is 5.91. The summed E-state index contributed by atoms with van der Waals surface area (Å²) in [5.74, 6) is -0.749. The van der Waals surface area contributed by atoms with Crippen LogP contribution in [0.25, 0.3) is 0 Å². The fourth-order valence-corrected chi connectivity index (χ4v) is 1.12. The minimum atomic E-state index is -0.632. The van der Waals surface area contributed by atoms with Gasteiger partial charge in [-0.25, -0.2) is 9.78 Å². The molecule has 1 heterocycles. The van der Waals surface area contributed by atoms with Crippen molar-refractivity contribution in [2.45, 2.75) is 33.2 Å². The van der Waals surface area contributed by atoms with Crippen molar-refractivity contribution in [2.75, 3.05) is 11.9 Å². The van der Waals surface area contributed by atoms with Crippen molar-refractivity contribution in [1.29, 1.82) is 0 Å². The van der Waals surface area contributed by atoms with E-state index in [-0.39, 0.29) is 29.5 Å². The summed E-state index contributed by atoms with van der Waals surface area (Å²) < 4.78 is 4.75. The molecule has 0 fully saturated rings. The number of anilines is 1. The summed E-state index contributed by atoms with van der Waals surface area (Å²) in [6, 6.07) is 0. The van der Waals surface area contributed by atoms with Crippen LogP contribution in [0.15, 0.2) is 6.20 Å². The molecule has 0 amide bonds. The molecule has 0 unspecified atom stereocenters. The van der Waals surface area contributed by atoms with Crippen molar-refractivity contribution in [3.05, 3.63) is 11.8 Å². The zero-order valence-electron chi connectivity index (χ0n) is 10.4. The van der Waals surface area contributed by atoms with Crippen molar-refractivity contribution >= 4 is 11.9 Å². The van der Waals surface area contributed by atoms with Crippen molar-refractivity contribution in [2.24, 2.45) is 0 Å². The van der Waals surface area contributed by atoms with Crippen LogP contribution in [0.3, 0.4) is 0 Å². The van der Waals surface area contributed by atoms with E-state index in [1.54, 1.807) is 6.92 Å². The van der Waals surface area contributed by atoms with Crippen LogP contribution in [-0.2, 0) is 4.74 Å². The van der Waals surface area contributed by atoms with Crippen LogP contribution >= 0.6 is 0 Å². The van der Waals surface area contributed by atoms with Crippen molar-refractivity contribution in [1.82, 2.24) is 9.97 Å². The Bertz CT molecular complexity index is 413. The molecule has 2 N–H and O–H groups in total. The Morgan fingerprint density at radius 3 is 2.65 bits per heavy atom. The van der Waals surface area contributed by atoms with Gasteiger partial charge in [0.1, 0.15) is 5.56 Å². The number of nitrogens with zero attached hydrogens (tertiary/aromatic N) is 2. The zero-order valence-corrected chi connectivity index (χ0v) is 10.4.